The van der Waals surface area contributed by atoms with Gasteiger partial charge >= 0.3 is 0 Å². The van der Waals surface area contributed by atoms with E-state index < -0.39 is 6.29 Å². The molecule has 0 aliphatic carbocycles. The lowest BCUT2D eigenvalue weighted by atomic mass is 9.84. The Balaban J connectivity index is 4.41. The molecule has 0 saturated heterocycles. The van der Waals surface area contributed by atoms with E-state index in [2.05, 4.69) is 41.5 Å². The predicted octanol–water partition coefficient (Wildman–Crippen LogP) is 6.05. The summed E-state index contributed by atoms with van der Waals surface area (Å²) in [5, 5.41) is 0. The van der Waals surface area contributed by atoms with Crippen molar-refractivity contribution in [3.63, 3.8) is 0 Å². The van der Waals surface area contributed by atoms with Crippen LogP contribution in [0.1, 0.15) is 95.4 Å². The van der Waals surface area contributed by atoms with E-state index in [1.165, 1.54) is 0 Å². The van der Waals surface area contributed by atoms with Gasteiger partial charge in [0.25, 0.3) is 0 Å². The standard InChI is InChI=1S/C19H40O4/c1-12-15(20-22-18(8,9)13-16(2,3)4)21-23-19(10,11)14-17(5,6)7/h15H,12-14H2,1-11H3. The minimum absolute atomic E-state index is 0.167. The van der Waals surface area contributed by atoms with Gasteiger partial charge in [-0.25, -0.2) is 19.6 Å². The lowest BCUT2D eigenvalue weighted by molar-refractivity contribution is -0.502. The summed E-state index contributed by atoms with van der Waals surface area (Å²) in [5.41, 5.74) is -0.423. The van der Waals surface area contributed by atoms with Crippen molar-refractivity contribution < 1.29 is 19.6 Å². The third-order valence-electron chi connectivity index (χ3n) is 3.01. The maximum atomic E-state index is 5.62. The summed E-state index contributed by atoms with van der Waals surface area (Å²) in [6.45, 7) is 23.2. The van der Waals surface area contributed by atoms with Crippen molar-refractivity contribution in [2.75, 3.05) is 0 Å². The SMILES string of the molecule is CCC(OOC(C)(C)CC(C)(C)C)OOC(C)(C)CC(C)(C)C. The summed E-state index contributed by atoms with van der Waals surface area (Å²) in [7, 11) is 0. The van der Waals surface area contributed by atoms with Crippen LogP contribution in [0.3, 0.4) is 0 Å². The molecule has 0 aliphatic rings. The molecular formula is C19H40O4. The Hall–Kier alpha value is -0.160. The molecule has 4 heteroatoms. The summed E-state index contributed by atoms with van der Waals surface area (Å²) in [5.74, 6) is 0. The van der Waals surface area contributed by atoms with Crippen LogP contribution in [-0.4, -0.2) is 17.5 Å². The second-order valence-corrected chi connectivity index (χ2v) is 10.2. The molecule has 0 rings (SSSR count). The highest BCUT2D eigenvalue weighted by atomic mass is 17.3. The molecule has 0 unspecified atom stereocenters. The summed E-state index contributed by atoms with van der Waals surface area (Å²) in [4.78, 5) is 22.2. The zero-order chi connectivity index (χ0) is 18.5. The smallest absolute Gasteiger partial charge is 0.224 e. The molecule has 0 atom stereocenters. The Kier molecular flexibility index (Phi) is 8.23. The summed E-state index contributed by atoms with van der Waals surface area (Å²) < 4.78 is 0. The van der Waals surface area contributed by atoms with Crippen LogP contribution in [0.5, 0.6) is 0 Å². The van der Waals surface area contributed by atoms with Gasteiger partial charge in [0, 0.05) is 6.42 Å². The van der Waals surface area contributed by atoms with Crippen LogP contribution in [0.4, 0.5) is 0 Å². The van der Waals surface area contributed by atoms with Gasteiger partial charge in [0.05, 0.1) is 11.2 Å². The summed E-state index contributed by atoms with van der Waals surface area (Å²) in [6.07, 6.45) is 1.88. The molecule has 0 saturated carbocycles. The van der Waals surface area contributed by atoms with Crippen molar-refractivity contribution in [3.05, 3.63) is 0 Å². The van der Waals surface area contributed by atoms with Gasteiger partial charge < -0.3 is 0 Å². The Labute approximate surface area is 144 Å². The first-order valence-electron chi connectivity index (χ1n) is 8.74. The van der Waals surface area contributed by atoms with Crippen LogP contribution in [0.25, 0.3) is 0 Å². The summed E-state index contributed by atoms with van der Waals surface area (Å²) >= 11 is 0. The van der Waals surface area contributed by atoms with Gasteiger partial charge in [-0.15, -0.1) is 0 Å². The van der Waals surface area contributed by atoms with E-state index in [9.17, 15) is 0 Å². The maximum absolute atomic E-state index is 5.62. The Bertz CT molecular complexity index is 302. The van der Waals surface area contributed by atoms with E-state index >= 15 is 0 Å². The van der Waals surface area contributed by atoms with Gasteiger partial charge in [0.1, 0.15) is 0 Å². The maximum Gasteiger partial charge on any atom is 0.224 e. The monoisotopic (exact) mass is 332 g/mol. The van der Waals surface area contributed by atoms with Crippen LogP contribution >= 0.6 is 0 Å². The van der Waals surface area contributed by atoms with E-state index in [1.807, 2.05) is 34.6 Å². The van der Waals surface area contributed by atoms with Crippen LogP contribution in [-0.2, 0) is 19.6 Å². The molecule has 0 bridgehead atoms. The zero-order valence-corrected chi connectivity index (χ0v) is 17.3. The van der Waals surface area contributed by atoms with E-state index in [0.29, 0.717) is 6.42 Å². The normalized spacial score (nSPS) is 14.6. The molecule has 0 N–H and O–H groups in total. The third-order valence-corrected chi connectivity index (χ3v) is 3.01. The third kappa shape index (κ3) is 12.9. The molecule has 4 nitrogen and oxygen atoms in total. The minimum atomic E-state index is -0.534. The highest BCUT2D eigenvalue weighted by Crippen LogP contribution is 2.31. The van der Waals surface area contributed by atoms with Crippen molar-refractivity contribution in [3.8, 4) is 0 Å². The topological polar surface area (TPSA) is 36.9 Å². The molecule has 0 aliphatic heterocycles. The lowest BCUT2D eigenvalue weighted by Crippen LogP contribution is -2.35. The Morgan fingerprint density at radius 3 is 1.13 bits per heavy atom. The lowest BCUT2D eigenvalue weighted by Gasteiger charge is -2.34. The van der Waals surface area contributed by atoms with Crippen LogP contribution in [0.15, 0.2) is 0 Å². The molecule has 0 amide bonds. The van der Waals surface area contributed by atoms with Crippen molar-refractivity contribution in [1.29, 1.82) is 0 Å². The van der Waals surface area contributed by atoms with Crippen molar-refractivity contribution in [1.82, 2.24) is 0 Å². The fourth-order valence-corrected chi connectivity index (χ4v) is 3.13. The fraction of sp³-hybridized carbons (Fsp3) is 1.00. The number of rotatable bonds is 9. The van der Waals surface area contributed by atoms with Crippen LogP contribution in [0, 0.1) is 10.8 Å². The molecular weight excluding hydrogens is 292 g/mol. The van der Waals surface area contributed by atoms with Gasteiger partial charge in [-0.2, -0.15) is 0 Å². The highest BCUT2D eigenvalue weighted by molar-refractivity contribution is 4.76. The van der Waals surface area contributed by atoms with Gasteiger partial charge in [0.2, 0.25) is 6.29 Å². The quantitative estimate of drug-likeness (QED) is 0.293. The van der Waals surface area contributed by atoms with Crippen LogP contribution < -0.4 is 0 Å². The van der Waals surface area contributed by atoms with E-state index in [-0.39, 0.29) is 22.0 Å². The molecule has 0 fully saturated rings. The van der Waals surface area contributed by atoms with Crippen molar-refractivity contribution in [2.24, 2.45) is 10.8 Å². The fourth-order valence-electron chi connectivity index (χ4n) is 3.13. The molecule has 140 valence electrons. The van der Waals surface area contributed by atoms with E-state index in [0.717, 1.165) is 12.8 Å². The average molecular weight is 333 g/mol. The minimum Gasteiger partial charge on any atom is -0.228 e. The molecule has 0 heterocycles. The molecule has 0 spiro atoms. The largest absolute Gasteiger partial charge is 0.228 e. The zero-order valence-electron chi connectivity index (χ0n) is 17.3. The Morgan fingerprint density at radius 1 is 0.609 bits per heavy atom. The molecule has 0 aromatic carbocycles. The van der Waals surface area contributed by atoms with Gasteiger partial charge in [-0.05, 0) is 51.4 Å². The molecule has 23 heavy (non-hydrogen) atoms. The predicted molar refractivity (Wildman–Crippen MR) is 94.7 cm³/mol. The van der Waals surface area contributed by atoms with E-state index in [4.69, 9.17) is 19.6 Å². The number of hydrogen-bond donors (Lipinski definition) is 0. The second-order valence-electron chi connectivity index (χ2n) is 10.2. The summed E-state index contributed by atoms with van der Waals surface area (Å²) in [6, 6.07) is 0. The first-order chi connectivity index (χ1) is 10.1. The first kappa shape index (κ1) is 22.8. The molecule has 0 aromatic heterocycles. The highest BCUT2D eigenvalue weighted by Gasteiger charge is 2.31. The molecule has 0 aromatic rings. The van der Waals surface area contributed by atoms with Gasteiger partial charge in [-0.3, -0.25) is 0 Å². The average Bonchev–Trinajstić information content (AvgIpc) is 2.22. The van der Waals surface area contributed by atoms with Crippen LogP contribution in [0.2, 0.25) is 0 Å². The van der Waals surface area contributed by atoms with Gasteiger partial charge in [-0.1, -0.05) is 48.5 Å². The van der Waals surface area contributed by atoms with Gasteiger partial charge in [0.15, 0.2) is 0 Å². The van der Waals surface area contributed by atoms with Crippen molar-refractivity contribution >= 4 is 0 Å². The Morgan fingerprint density at radius 2 is 0.913 bits per heavy atom. The first-order valence-corrected chi connectivity index (χ1v) is 8.74. The molecule has 0 radical (unpaired) electrons. The van der Waals surface area contributed by atoms with E-state index in [1.54, 1.807) is 0 Å². The number of hydrogen-bond acceptors (Lipinski definition) is 4. The van der Waals surface area contributed by atoms with Crippen molar-refractivity contribution in [2.45, 2.75) is 113 Å². The second kappa shape index (κ2) is 8.28.